The van der Waals surface area contributed by atoms with E-state index >= 15 is 0 Å². The summed E-state index contributed by atoms with van der Waals surface area (Å²) in [5, 5.41) is 4.99. The fourth-order valence-corrected chi connectivity index (χ4v) is 21.3. The van der Waals surface area contributed by atoms with Crippen LogP contribution in [0.2, 0.25) is 28.2 Å². The van der Waals surface area contributed by atoms with Crippen LogP contribution < -0.4 is 20.7 Å². The van der Waals surface area contributed by atoms with Gasteiger partial charge in [0.25, 0.3) is 16.6 Å². The van der Waals surface area contributed by atoms with E-state index in [1.54, 1.807) is 0 Å². The predicted molar refractivity (Wildman–Crippen MR) is 292 cm³/mol. The van der Waals surface area contributed by atoms with Gasteiger partial charge in [0.05, 0.1) is 25.4 Å². The molecule has 67 heavy (non-hydrogen) atoms. The standard InChI is InChI=1S/C59H88O5Si3/c1-14-15-22-33-47(62-66(58(5,6)7,48-34-23-18-24-35-48)49-36-25-19-26-37-49)44-45-53-52(42-31-16-17-32-43-56(60)61-11)55(46-54(53)63-65(12,13)57(2,3)4)64-67(59(8,9)10,50-38-27-20-28-39-50)51-40-29-21-30-41-51/h18-21,23-30,34-41,44-45,47,52-55H,14-17,22,31-33,42-43,46H2,1-13H3/b45-44+/t47-,52+,53+,54+,55-/m0/s1. The summed E-state index contributed by atoms with van der Waals surface area (Å²) < 4.78 is 28.9. The Morgan fingerprint density at radius 2 is 1.06 bits per heavy atom. The second kappa shape index (κ2) is 24.0. The average Bonchev–Trinajstić information content (AvgIpc) is 3.60. The van der Waals surface area contributed by atoms with Crippen molar-refractivity contribution < 1.29 is 22.8 Å². The lowest BCUT2D eigenvalue weighted by molar-refractivity contribution is -0.140. The second-order valence-electron chi connectivity index (χ2n) is 22.9. The lowest BCUT2D eigenvalue weighted by Crippen LogP contribution is -2.68. The van der Waals surface area contributed by atoms with Gasteiger partial charge in [-0.2, -0.15) is 0 Å². The Balaban J connectivity index is 1.68. The summed E-state index contributed by atoms with van der Waals surface area (Å²) in [5.41, 5.74) is 0. The van der Waals surface area contributed by atoms with Crippen LogP contribution in [0.25, 0.3) is 0 Å². The van der Waals surface area contributed by atoms with Crippen molar-refractivity contribution >= 4 is 51.7 Å². The van der Waals surface area contributed by atoms with Crippen molar-refractivity contribution in [3.63, 3.8) is 0 Å². The quantitative estimate of drug-likeness (QED) is 0.0321. The van der Waals surface area contributed by atoms with E-state index in [0.29, 0.717) is 6.42 Å². The van der Waals surface area contributed by atoms with Gasteiger partial charge in [-0.3, -0.25) is 4.79 Å². The first kappa shape index (κ1) is 54.6. The second-order valence-corrected chi connectivity index (χ2v) is 36.2. The number of hydrogen-bond acceptors (Lipinski definition) is 5. The molecule has 1 aliphatic rings. The molecule has 0 aromatic heterocycles. The van der Waals surface area contributed by atoms with E-state index in [0.717, 1.165) is 57.8 Å². The van der Waals surface area contributed by atoms with E-state index in [-0.39, 0.29) is 51.2 Å². The zero-order chi connectivity index (χ0) is 48.9. The number of unbranched alkanes of at least 4 members (excludes halogenated alkanes) is 5. The Morgan fingerprint density at radius 1 is 0.597 bits per heavy atom. The molecule has 0 aliphatic heterocycles. The number of rotatable bonds is 23. The summed E-state index contributed by atoms with van der Waals surface area (Å²) in [5.74, 6) is 0.223. The maximum Gasteiger partial charge on any atom is 0.305 e. The minimum absolute atomic E-state index is 0.00571. The largest absolute Gasteiger partial charge is 0.469 e. The maximum atomic E-state index is 12.1. The average molecular weight is 962 g/mol. The molecular weight excluding hydrogens is 873 g/mol. The first-order valence-electron chi connectivity index (χ1n) is 25.7. The van der Waals surface area contributed by atoms with Crippen molar-refractivity contribution in [2.45, 2.75) is 186 Å². The third-order valence-electron chi connectivity index (χ3n) is 15.1. The Labute approximate surface area is 411 Å². The smallest absolute Gasteiger partial charge is 0.305 e. The van der Waals surface area contributed by atoms with E-state index in [1.165, 1.54) is 34.3 Å². The highest BCUT2D eigenvalue weighted by Gasteiger charge is 2.56. The van der Waals surface area contributed by atoms with Gasteiger partial charge in [-0.1, -0.05) is 241 Å². The Kier molecular flexibility index (Phi) is 19.5. The molecule has 1 fully saturated rings. The molecule has 0 N–H and O–H groups in total. The van der Waals surface area contributed by atoms with E-state index < -0.39 is 25.0 Å². The molecule has 0 radical (unpaired) electrons. The van der Waals surface area contributed by atoms with Gasteiger partial charge in [-0.25, -0.2) is 0 Å². The lowest BCUT2D eigenvalue weighted by atomic mass is 9.87. The molecule has 1 aliphatic carbocycles. The van der Waals surface area contributed by atoms with E-state index in [1.807, 2.05) is 0 Å². The molecular formula is C59H88O5Si3. The highest BCUT2D eigenvalue weighted by Crippen LogP contribution is 2.49. The highest BCUT2D eigenvalue weighted by molar-refractivity contribution is 7.00. The molecule has 4 aromatic carbocycles. The van der Waals surface area contributed by atoms with Gasteiger partial charge in [0.2, 0.25) is 0 Å². The van der Waals surface area contributed by atoms with Gasteiger partial charge in [0.1, 0.15) is 0 Å². The Bertz CT molecular complexity index is 2010. The van der Waals surface area contributed by atoms with Crippen LogP contribution in [0.1, 0.15) is 140 Å². The third kappa shape index (κ3) is 13.3. The number of methoxy groups -OCH3 is 1. The predicted octanol–water partition coefficient (Wildman–Crippen LogP) is 13.6. The molecule has 0 amide bonds. The first-order valence-corrected chi connectivity index (χ1v) is 32.4. The van der Waals surface area contributed by atoms with Gasteiger partial charge < -0.3 is 18.0 Å². The van der Waals surface area contributed by atoms with Crippen molar-refractivity contribution in [2.75, 3.05) is 7.11 Å². The van der Waals surface area contributed by atoms with Crippen LogP contribution in [-0.4, -0.2) is 56.3 Å². The number of ether oxygens (including phenoxy) is 1. The molecule has 0 heterocycles. The topological polar surface area (TPSA) is 54.0 Å². The van der Waals surface area contributed by atoms with E-state index in [4.69, 9.17) is 18.0 Å². The zero-order valence-corrected chi connectivity index (χ0v) is 46.9. The Hall–Kier alpha value is -3.38. The molecule has 366 valence electrons. The minimum atomic E-state index is -2.92. The number of carbonyl (C=O) groups is 1. The van der Waals surface area contributed by atoms with Gasteiger partial charge >= 0.3 is 5.97 Å². The summed E-state index contributed by atoms with van der Waals surface area (Å²) in [6, 6.07) is 44.5. The minimum Gasteiger partial charge on any atom is -0.469 e. The molecule has 5 rings (SSSR count). The SMILES string of the molecule is CCCCC[C@@H](/C=C/[C@@H]1[C@@H](CCCCCCC(=O)OC)[C@@H](O[Si](c2ccccc2)(c2ccccc2)C(C)(C)C)C[C@H]1O[Si](C)(C)C(C)(C)C)O[Si](c1ccccc1)(c1ccccc1)C(C)(C)C. The van der Waals surface area contributed by atoms with Crippen LogP contribution in [0.5, 0.6) is 0 Å². The molecule has 0 unspecified atom stereocenters. The molecule has 0 saturated heterocycles. The van der Waals surface area contributed by atoms with Crippen LogP contribution >= 0.6 is 0 Å². The van der Waals surface area contributed by atoms with Crippen molar-refractivity contribution in [2.24, 2.45) is 11.8 Å². The number of benzene rings is 4. The van der Waals surface area contributed by atoms with Gasteiger partial charge in [0, 0.05) is 12.3 Å². The highest BCUT2D eigenvalue weighted by atomic mass is 28.4. The van der Waals surface area contributed by atoms with Crippen LogP contribution in [0, 0.1) is 11.8 Å². The number of carbonyl (C=O) groups excluding carboxylic acids is 1. The fourth-order valence-electron chi connectivity index (χ4n) is 10.5. The summed E-state index contributed by atoms with van der Waals surface area (Å²) in [6.45, 7) is 28.6. The monoisotopic (exact) mass is 961 g/mol. The molecule has 1 saturated carbocycles. The molecule has 5 atom stereocenters. The van der Waals surface area contributed by atoms with Crippen LogP contribution in [-0.2, 0) is 22.8 Å². The van der Waals surface area contributed by atoms with Crippen molar-refractivity contribution in [1.29, 1.82) is 0 Å². The summed E-state index contributed by atoms with van der Waals surface area (Å²) >= 11 is 0. The van der Waals surface area contributed by atoms with Gasteiger partial charge in [-0.05, 0) is 80.6 Å². The van der Waals surface area contributed by atoms with Gasteiger partial charge in [0.15, 0.2) is 8.32 Å². The number of esters is 1. The lowest BCUT2D eigenvalue weighted by Gasteiger charge is -2.46. The Morgan fingerprint density at radius 3 is 1.49 bits per heavy atom. The summed E-state index contributed by atoms with van der Waals surface area (Å²) in [6.07, 6.45) is 15.6. The van der Waals surface area contributed by atoms with Crippen molar-refractivity contribution in [1.82, 2.24) is 0 Å². The molecule has 4 aromatic rings. The summed E-state index contributed by atoms with van der Waals surface area (Å²) in [4.78, 5) is 12.1. The van der Waals surface area contributed by atoms with Crippen molar-refractivity contribution in [3.8, 4) is 0 Å². The normalized spacial score (nSPS) is 19.2. The van der Waals surface area contributed by atoms with E-state index in [2.05, 4.69) is 216 Å². The first-order chi connectivity index (χ1) is 31.7. The fraction of sp³-hybridized carbons (Fsp3) is 0.542. The molecule has 0 spiro atoms. The zero-order valence-electron chi connectivity index (χ0n) is 43.9. The molecule has 0 bridgehead atoms. The molecule has 8 heteroatoms. The van der Waals surface area contributed by atoms with Gasteiger partial charge in [-0.15, -0.1) is 0 Å². The summed E-state index contributed by atoms with van der Waals surface area (Å²) in [7, 11) is -6.53. The number of hydrogen-bond donors (Lipinski definition) is 0. The van der Waals surface area contributed by atoms with Crippen molar-refractivity contribution in [3.05, 3.63) is 133 Å². The maximum absolute atomic E-state index is 12.1. The van der Waals surface area contributed by atoms with Crippen LogP contribution in [0.3, 0.4) is 0 Å². The van der Waals surface area contributed by atoms with E-state index in [9.17, 15) is 4.79 Å². The van der Waals surface area contributed by atoms with Crippen LogP contribution in [0.4, 0.5) is 0 Å². The molecule has 5 nitrogen and oxygen atoms in total. The van der Waals surface area contributed by atoms with Crippen LogP contribution in [0.15, 0.2) is 133 Å². The third-order valence-corrected chi connectivity index (χ3v) is 29.8.